The van der Waals surface area contributed by atoms with Crippen LogP contribution in [0.4, 0.5) is 0 Å². The number of carbonyl (C=O) groups excluding carboxylic acids is 1. The van der Waals surface area contributed by atoms with Crippen molar-refractivity contribution in [2.45, 2.75) is 13.8 Å². The highest BCUT2D eigenvalue weighted by atomic mass is 79.9. The summed E-state index contributed by atoms with van der Waals surface area (Å²) in [6, 6.07) is 0. The highest BCUT2D eigenvalue weighted by Gasteiger charge is 2.15. The van der Waals surface area contributed by atoms with Gasteiger partial charge in [-0.05, 0) is 29.8 Å². The second-order valence-corrected chi connectivity index (χ2v) is 2.84. The van der Waals surface area contributed by atoms with Crippen molar-refractivity contribution in [3.8, 4) is 0 Å². The minimum absolute atomic E-state index is 0.0128. The van der Waals surface area contributed by atoms with Crippen LogP contribution in [-0.4, -0.2) is 17.6 Å². The third kappa shape index (κ3) is 1.85. The molecule has 12 heavy (non-hydrogen) atoms. The van der Waals surface area contributed by atoms with E-state index in [0.717, 1.165) is 0 Å². The molecule has 0 aliphatic heterocycles. The van der Waals surface area contributed by atoms with Gasteiger partial charge in [0.15, 0.2) is 0 Å². The molecular formula is C7H8BrNO3. The second-order valence-electron chi connectivity index (χ2n) is 2.09. The smallest absolute Gasteiger partial charge is 0.394 e. The molecule has 1 rings (SSSR count). The van der Waals surface area contributed by atoms with Gasteiger partial charge in [-0.1, -0.05) is 0 Å². The van der Waals surface area contributed by atoms with Crippen LogP contribution in [0, 0.1) is 6.92 Å². The normalized spacial score (nSPS) is 9.92. The van der Waals surface area contributed by atoms with Crippen LogP contribution < -0.4 is 0 Å². The lowest BCUT2D eigenvalue weighted by Crippen LogP contribution is -2.04. The molecule has 0 fully saturated rings. The summed E-state index contributed by atoms with van der Waals surface area (Å²) in [5, 5.41) is 0. The van der Waals surface area contributed by atoms with E-state index in [-0.39, 0.29) is 5.89 Å². The summed E-state index contributed by atoms with van der Waals surface area (Å²) < 4.78 is 10.2. The molecule has 66 valence electrons. The fourth-order valence-corrected chi connectivity index (χ4v) is 0.900. The van der Waals surface area contributed by atoms with Gasteiger partial charge in [-0.25, -0.2) is 4.79 Å². The quantitative estimate of drug-likeness (QED) is 0.733. The molecule has 1 heterocycles. The number of carbonyl (C=O) groups is 1. The molecule has 1 aromatic rings. The van der Waals surface area contributed by atoms with Crippen molar-refractivity contribution in [3.05, 3.63) is 16.3 Å². The van der Waals surface area contributed by atoms with Gasteiger partial charge in [-0.2, -0.15) is 4.98 Å². The summed E-state index contributed by atoms with van der Waals surface area (Å²) >= 11 is 3.12. The number of rotatable bonds is 2. The maximum Gasteiger partial charge on any atom is 0.394 e. The van der Waals surface area contributed by atoms with Crippen molar-refractivity contribution < 1.29 is 13.9 Å². The molecule has 0 aliphatic carbocycles. The summed E-state index contributed by atoms with van der Waals surface area (Å²) in [4.78, 5) is 14.8. The molecular weight excluding hydrogens is 226 g/mol. The molecule has 0 bridgehead atoms. The van der Waals surface area contributed by atoms with Crippen LogP contribution in [0.2, 0.25) is 0 Å². The first-order chi connectivity index (χ1) is 5.65. The van der Waals surface area contributed by atoms with E-state index in [4.69, 9.17) is 4.42 Å². The number of ether oxygens (including phenoxy) is 1. The van der Waals surface area contributed by atoms with E-state index in [2.05, 4.69) is 25.7 Å². The van der Waals surface area contributed by atoms with Crippen LogP contribution in [0.5, 0.6) is 0 Å². The Hall–Kier alpha value is -0.840. The van der Waals surface area contributed by atoms with Gasteiger partial charge >= 0.3 is 11.9 Å². The molecule has 4 nitrogen and oxygen atoms in total. The highest BCUT2D eigenvalue weighted by molar-refractivity contribution is 9.10. The Kier molecular flexibility index (Phi) is 2.86. The molecule has 0 unspecified atom stereocenters. The molecule has 0 spiro atoms. The average Bonchev–Trinajstić information content (AvgIpc) is 2.33. The Morgan fingerprint density at radius 1 is 1.75 bits per heavy atom. The van der Waals surface area contributed by atoms with Crippen molar-refractivity contribution in [2.24, 2.45) is 0 Å². The minimum atomic E-state index is -0.536. The van der Waals surface area contributed by atoms with E-state index >= 15 is 0 Å². The third-order valence-electron chi connectivity index (χ3n) is 1.19. The largest absolute Gasteiger partial charge is 0.459 e. The van der Waals surface area contributed by atoms with Crippen LogP contribution in [-0.2, 0) is 4.74 Å². The Balaban J connectivity index is 2.82. The summed E-state index contributed by atoms with van der Waals surface area (Å²) in [6.07, 6.45) is 0. The fraction of sp³-hybridized carbons (Fsp3) is 0.429. The van der Waals surface area contributed by atoms with Crippen molar-refractivity contribution in [1.82, 2.24) is 4.98 Å². The monoisotopic (exact) mass is 233 g/mol. The van der Waals surface area contributed by atoms with E-state index < -0.39 is 5.97 Å². The lowest BCUT2D eigenvalue weighted by atomic mass is 10.6. The van der Waals surface area contributed by atoms with Crippen LogP contribution >= 0.6 is 15.9 Å². The van der Waals surface area contributed by atoms with E-state index in [1.165, 1.54) is 0 Å². The third-order valence-corrected chi connectivity index (χ3v) is 1.93. The maximum atomic E-state index is 11.0. The van der Waals surface area contributed by atoms with Gasteiger partial charge in [0.1, 0.15) is 10.4 Å². The molecule has 1 aromatic heterocycles. The summed E-state index contributed by atoms with van der Waals surface area (Å²) in [5.41, 5.74) is 0. The molecule has 0 atom stereocenters. The Bertz CT molecular complexity index is 275. The molecule has 0 amide bonds. The summed E-state index contributed by atoms with van der Waals surface area (Å²) in [7, 11) is 0. The number of esters is 1. The number of aromatic nitrogens is 1. The Morgan fingerprint density at radius 2 is 2.42 bits per heavy atom. The Labute approximate surface area is 78.0 Å². The van der Waals surface area contributed by atoms with E-state index in [1.54, 1.807) is 13.8 Å². The highest BCUT2D eigenvalue weighted by Crippen LogP contribution is 2.16. The van der Waals surface area contributed by atoms with Crippen LogP contribution in [0.15, 0.2) is 9.02 Å². The number of nitrogens with zero attached hydrogens (tertiary/aromatic N) is 1. The molecule has 5 heteroatoms. The lowest BCUT2D eigenvalue weighted by Gasteiger charge is -1.94. The first-order valence-corrected chi connectivity index (χ1v) is 4.24. The topological polar surface area (TPSA) is 52.3 Å². The van der Waals surface area contributed by atoms with Crippen LogP contribution in [0.3, 0.4) is 0 Å². The predicted octanol–water partition coefficient (Wildman–Crippen LogP) is 1.92. The molecule has 0 radical (unpaired) electrons. The number of aryl methyl sites for hydroxylation is 1. The Morgan fingerprint density at radius 3 is 2.83 bits per heavy atom. The first-order valence-electron chi connectivity index (χ1n) is 3.45. The fourth-order valence-electron chi connectivity index (χ4n) is 0.658. The van der Waals surface area contributed by atoms with Crippen molar-refractivity contribution in [3.63, 3.8) is 0 Å². The van der Waals surface area contributed by atoms with Gasteiger partial charge in [0.2, 0.25) is 0 Å². The van der Waals surface area contributed by atoms with E-state index in [0.29, 0.717) is 17.0 Å². The SMILES string of the molecule is CCOC(=O)c1nc(Br)c(C)o1. The van der Waals surface area contributed by atoms with E-state index in [1.807, 2.05) is 0 Å². The van der Waals surface area contributed by atoms with Crippen LogP contribution in [0.25, 0.3) is 0 Å². The van der Waals surface area contributed by atoms with Crippen molar-refractivity contribution >= 4 is 21.9 Å². The molecule has 0 aliphatic rings. The number of hydrogen-bond donors (Lipinski definition) is 0. The minimum Gasteiger partial charge on any atom is -0.459 e. The zero-order valence-corrected chi connectivity index (χ0v) is 8.34. The van der Waals surface area contributed by atoms with Gasteiger partial charge < -0.3 is 9.15 Å². The molecule has 0 saturated carbocycles. The maximum absolute atomic E-state index is 11.0. The van der Waals surface area contributed by atoms with Gasteiger partial charge in [0.25, 0.3) is 0 Å². The van der Waals surface area contributed by atoms with Gasteiger partial charge in [0.05, 0.1) is 6.61 Å². The summed E-state index contributed by atoms with van der Waals surface area (Å²) in [5.74, 6) is 0.0191. The van der Waals surface area contributed by atoms with Crippen molar-refractivity contribution in [2.75, 3.05) is 6.61 Å². The average molecular weight is 234 g/mol. The van der Waals surface area contributed by atoms with Gasteiger partial charge in [-0.3, -0.25) is 0 Å². The predicted molar refractivity (Wildman–Crippen MR) is 44.9 cm³/mol. The first kappa shape index (κ1) is 9.25. The lowest BCUT2D eigenvalue weighted by molar-refractivity contribution is 0.0479. The van der Waals surface area contributed by atoms with Gasteiger partial charge in [-0.15, -0.1) is 0 Å². The number of hydrogen-bond acceptors (Lipinski definition) is 4. The molecule has 0 saturated heterocycles. The number of halogens is 1. The van der Waals surface area contributed by atoms with E-state index in [9.17, 15) is 4.79 Å². The van der Waals surface area contributed by atoms with Crippen molar-refractivity contribution in [1.29, 1.82) is 0 Å². The standard InChI is InChI=1S/C7H8BrNO3/c1-3-11-7(10)6-9-5(8)4(2)12-6/h3H2,1-2H3. The zero-order valence-electron chi connectivity index (χ0n) is 6.76. The molecule has 0 aromatic carbocycles. The molecule has 0 N–H and O–H groups in total. The zero-order chi connectivity index (χ0) is 9.14. The number of oxazole rings is 1. The van der Waals surface area contributed by atoms with Gasteiger partial charge in [0, 0.05) is 0 Å². The second kappa shape index (κ2) is 3.71. The summed E-state index contributed by atoms with van der Waals surface area (Å²) in [6.45, 7) is 3.75. The van der Waals surface area contributed by atoms with Crippen LogP contribution in [0.1, 0.15) is 23.4 Å².